The lowest BCUT2D eigenvalue weighted by molar-refractivity contribution is 0.346. The summed E-state index contributed by atoms with van der Waals surface area (Å²) in [7, 11) is 23.9. The molecule has 0 radical (unpaired) electrons. The highest BCUT2D eigenvalue weighted by Crippen LogP contribution is 2.14. The molecule has 14 heteroatoms. The Morgan fingerprint density at radius 2 is 1.06 bits per heavy atom. The Hall–Kier alpha value is -2.28. The molecule has 0 fully saturated rings. The van der Waals surface area contributed by atoms with Crippen molar-refractivity contribution < 1.29 is 4.74 Å². The number of aliphatic imine (C=N–C) groups is 2. The van der Waals surface area contributed by atoms with Crippen LogP contribution in [0.4, 0.5) is 17.8 Å². The van der Waals surface area contributed by atoms with Crippen molar-refractivity contribution in [2.75, 3.05) is 113 Å². The van der Waals surface area contributed by atoms with Gasteiger partial charge in [-0.2, -0.15) is 15.0 Å². The van der Waals surface area contributed by atoms with Crippen LogP contribution in [0, 0.1) is 0 Å². The third-order valence-electron chi connectivity index (χ3n) is 3.08. The van der Waals surface area contributed by atoms with Crippen molar-refractivity contribution in [1.82, 2.24) is 24.8 Å². The monoisotopic (exact) mass is 534 g/mol. The molecule has 34 heavy (non-hydrogen) atoms. The molecular weight excluding hydrogens is 492 g/mol. The van der Waals surface area contributed by atoms with Gasteiger partial charge in [0.1, 0.15) is 4.32 Å². The number of methoxy groups -OCH3 is 1. The third-order valence-corrected chi connectivity index (χ3v) is 5.19. The predicted molar refractivity (Wildman–Crippen MR) is 158 cm³/mol. The average Bonchev–Trinajstić information content (AvgIpc) is 2.79. The normalized spacial score (nSPS) is 8.53. The fourth-order valence-electron chi connectivity index (χ4n) is 1.41. The minimum absolute atomic E-state index is 0.514. The number of thiocarbonyl (C=S) groups is 2. The smallest absolute Gasteiger partial charge is 0.258 e. The molecule has 0 aliphatic carbocycles. The highest BCUT2D eigenvalue weighted by atomic mass is 32.2. The van der Waals surface area contributed by atoms with E-state index in [-0.39, 0.29) is 0 Å². The van der Waals surface area contributed by atoms with Crippen molar-refractivity contribution in [3.8, 4) is 0 Å². The van der Waals surface area contributed by atoms with E-state index in [0.29, 0.717) is 23.0 Å². The fraction of sp³-hybridized carbons (Fsp3) is 0.700. The lowest BCUT2D eigenvalue weighted by atomic mass is 10.7. The molecular formula is C20H42N10OS3. The van der Waals surface area contributed by atoms with E-state index in [1.54, 1.807) is 37.9 Å². The molecule has 0 saturated heterocycles. The van der Waals surface area contributed by atoms with Crippen LogP contribution < -0.4 is 14.7 Å². The lowest BCUT2D eigenvalue weighted by Gasteiger charge is -2.18. The maximum absolute atomic E-state index is 4.87. The molecule has 1 aromatic heterocycles. The van der Waals surface area contributed by atoms with Gasteiger partial charge in [-0.3, -0.25) is 0 Å². The van der Waals surface area contributed by atoms with Crippen LogP contribution in [-0.2, 0) is 4.74 Å². The van der Waals surface area contributed by atoms with Gasteiger partial charge in [-0.15, -0.1) is 11.8 Å². The van der Waals surface area contributed by atoms with Crippen molar-refractivity contribution in [1.29, 1.82) is 0 Å². The van der Waals surface area contributed by atoms with E-state index in [9.17, 15) is 0 Å². The highest BCUT2D eigenvalue weighted by Gasteiger charge is 2.10. The first-order valence-corrected chi connectivity index (χ1v) is 11.9. The van der Waals surface area contributed by atoms with Gasteiger partial charge >= 0.3 is 0 Å². The quantitative estimate of drug-likeness (QED) is 0.420. The Bertz CT molecular complexity index is 674. The number of rotatable bonds is 3. The van der Waals surface area contributed by atoms with Gasteiger partial charge in [-0.05, 0) is 18.5 Å². The highest BCUT2D eigenvalue weighted by molar-refractivity contribution is 8.22. The van der Waals surface area contributed by atoms with E-state index in [1.165, 1.54) is 0 Å². The molecule has 0 atom stereocenters. The van der Waals surface area contributed by atoms with E-state index < -0.39 is 0 Å². The van der Waals surface area contributed by atoms with Crippen molar-refractivity contribution in [2.24, 2.45) is 9.98 Å². The van der Waals surface area contributed by atoms with Gasteiger partial charge in [-0.1, -0.05) is 12.2 Å². The number of nitrogens with zero attached hydrogens (tertiary/aromatic N) is 10. The summed E-state index contributed by atoms with van der Waals surface area (Å²) in [5.74, 6) is 1.99. The molecule has 0 N–H and O–H groups in total. The number of ether oxygens (including phenoxy) is 1. The van der Waals surface area contributed by atoms with Gasteiger partial charge in [0.25, 0.3) is 5.17 Å². The third kappa shape index (κ3) is 19.2. The van der Waals surface area contributed by atoms with Gasteiger partial charge in [0.2, 0.25) is 17.8 Å². The summed E-state index contributed by atoms with van der Waals surface area (Å²) in [6.45, 7) is 0. The van der Waals surface area contributed by atoms with E-state index in [4.69, 9.17) is 12.2 Å². The van der Waals surface area contributed by atoms with Crippen LogP contribution in [0.3, 0.4) is 0 Å². The van der Waals surface area contributed by atoms with Gasteiger partial charge in [0.15, 0.2) is 0 Å². The Morgan fingerprint density at radius 1 is 0.735 bits per heavy atom. The molecule has 0 spiro atoms. The summed E-state index contributed by atoms with van der Waals surface area (Å²) in [5, 5.41) is 0.514. The topological polar surface area (TPSA) is 88.8 Å². The summed E-state index contributed by atoms with van der Waals surface area (Å²) < 4.78 is 5.60. The number of hydrogen-bond donors (Lipinski definition) is 0. The van der Waals surface area contributed by atoms with Crippen molar-refractivity contribution in [2.45, 2.75) is 0 Å². The van der Waals surface area contributed by atoms with Crippen LogP contribution in [0.15, 0.2) is 9.98 Å². The van der Waals surface area contributed by atoms with Crippen LogP contribution in [0.2, 0.25) is 0 Å². The van der Waals surface area contributed by atoms with Crippen molar-refractivity contribution in [3.63, 3.8) is 0 Å². The molecule has 196 valence electrons. The molecule has 0 aromatic carbocycles. The Labute approximate surface area is 221 Å². The van der Waals surface area contributed by atoms with Gasteiger partial charge < -0.3 is 29.2 Å². The first kappa shape index (κ1) is 36.3. The summed E-state index contributed by atoms with van der Waals surface area (Å²) in [4.78, 5) is 29.1. The van der Waals surface area contributed by atoms with E-state index in [2.05, 4.69) is 47.9 Å². The summed E-state index contributed by atoms with van der Waals surface area (Å²) in [6.07, 6.45) is 1.97. The average molecular weight is 535 g/mol. The molecule has 0 saturated carbocycles. The molecule has 0 bridgehead atoms. The minimum atomic E-state index is 0.514. The molecule has 1 rings (SSSR count). The first-order valence-electron chi connectivity index (χ1n) is 9.91. The maximum atomic E-state index is 4.87. The van der Waals surface area contributed by atoms with Gasteiger partial charge in [-0.25, -0.2) is 9.98 Å². The van der Waals surface area contributed by atoms with Crippen molar-refractivity contribution >= 4 is 69.5 Å². The van der Waals surface area contributed by atoms with Crippen LogP contribution in [0.25, 0.3) is 0 Å². The number of hydrogen-bond acceptors (Lipinski definition) is 12. The largest absolute Gasteiger partial charge is 0.474 e. The number of aromatic nitrogens is 3. The van der Waals surface area contributed by atoms with Crippen LogP contribution in [0.5, 0.6) is 0 Å². The van der Waals surface area contributed by atoms with Gasteiger partial charge in [0.05, 0.1) is 13.1 Å². The zero-order valence-electron chi connectivity index (χ0n) is 23.1. The molecule has 0 aliphatic heterocycles. The molecule has 0 aliphatic rings. The summed E-state index contributed by atoms with van der Waals surface area (Å²) in [6, 6.07) is 2.36. The maximum Gasteiger partial charge on any atom is 0.258 e. The first-order chi connectivity index (χ1) is 15.7. The Balaban J connectivity index is -0.000000425. The minimum Gasteiger partial charge on any atom is -0.474 e. The molecule has 11 nitrogen and oxygen atoms in total. The van der Waals surface area contributed by atoms with Crippen LogP contribution in [0.1, 0.15) is 0 Å². The fourth-order valence-corrected chi connectivity index (χ4v) is 1.77. The standard InChI is InChI=1S/C9H18N6.C4H9NOS.C4H9NS2.C3H6N2/c1-13(2)7-10-8(14(3)4)12-9(11-7)15(5)6;1-5(2)4(7)6-3;1-5(2)4(6)7-3;1-4-3-5-2/h1-6H3;2*1-3H3;1-2H3. The predicted octanol–water partition coefficient (Wildman–Crippen LogP) is 2.16. The summed E-state index contributed by atoms with van der Waals surface area (Å²) in [5.41, 5.74) is 0. The second-order valence-electron chi connectivity index (χ2n) is 7.19. The second-order valence-corrected chi connectivity index (χ2v) is 8.98. The van der Waals surface area contributed by atoms with E-state index in [1.807, 2.05) is 96.3 Å². The van der Waals surface area contributed by atoms with Crippen LogP contribution >= 0.6 is 36.2 Å². The second kappa shape index (κ2) is 21.3. The Morgan fingerprint density at radius 3 is 1.12 bits per heavy atom. The lowest BCUT2D eigenvalue weighted by Crippen LogP contribution is -2.22. The van der Waals surface area contributed by atoms with E-state index in [0.717, 1.165) is 4.32 Å². The zero-order chi connectivity index (χ0) is 27.4. The number of anilines is 3. The summed E-state index contributed by atoms with van der Waals surface area (Å²) >= 11 is 11.1. The van der Waals surface area contributed by atoms with Gasteiger partial charge in [0, 0.05) is 84.6 Å². The van der Waals surface area contributed by atoms with E-state index >= 15 is 0 Å². The Kier molecular flexibility index (Phi) is 22.7. The molecule has 1 heterocycles. The number of thioether (sulfide) groups is 1. The van der Waals surface area contributed by atoms with Crippen molar-refractivity contribution in [3.05, 3.63) is 0 Å². The van der Waals surface area contributed by atoms with Crippen LogP contribution in [-0.4, -0.2) is 138 Å². The SMILES string of the molecule is CN(C)c1nc(N(C)C)nc(N(C)C)n1.CN=C=NC.COC(=S)N(C)C.CSC(=S)N(C)C. The zero-order valence-corrected chi connectivity index (χ0v) is 25.6. The molecule has 0 unspecified atom stereocenters. The molecule has 1 aromatic rings. The molecule has 0 amide bonds.